The Morgan fingerprint density at radius 1 is 1.10 bits per heavy atom. The topological polar surface area (TPSA) is 106 Å². The van der Waals surface area contributed by atoms with Crippen LogP contribution in [0, 0.1) is 10.1 Å². The molecule has 0 saturated carbocycles. The quantitative estimate of drug-likeness (QED) is 0.527. The third-order valence-electron chi connectivity index (χ3n) is 4.86. The number of nitrogens with one attached hydrogen (secondary N) is 1. The highest BCUT2D eigenvalue weighted by molar-refractivity contribution is 6.05. The van der Waals surface area contributed by atoms with Crippen LogP contribution >= 0.6 is 0 Å². The van der Waals surface area contributed by atoms with Gasteiger partial charge in [0, 0.05) is 37.6 Å². The zero-order valence-corrected chi connectivity index (χ0v) is 15.7. The fourth-order valence-corrected chi connectivity index (χ4v) is 3.36. The summed E-state index contributed by atoms with van der Waals surface area (Å²) in [7, 11) is 0. The molecule has 1 saturated heterocycles. The van der Waals surface area contributed by atoms with Gasteiger partial charge in [-0.1, -0.05) is 0 Å². The summed E-state index contributed by atoms with van der Waals surface area (Å²) < 4.78 is 1.51. The second kappa shape index (κ2) is 8.09. The van der Waals surface area contributed by atoms with Gasteiger partial charge in [-0.05, 0) is 43.5 Å². The first-order chi connectivity index (χ1) is 14.1. The van der Waals surface area contributed by atoms with Crippen molar-refractivity contribution in [2.24, 2.45) is 0 Å². The number of nitrogens with zero attached hydrogens (tertiary/aromatic N) is 5. The van der Waals surface area contributed by atoms with Gasteiger partial charge in [0.15, 0.2) is 5.82 Å². The molecule has 29 heavy (non-hydrogen) atoms. The Morgan fingerprint density at radius 3 is 2.59 bits per heavy atom. The number of non-ortho nitro benzene ring substituents is 1. The molecule has 3 heterocycles. The number of rotatable bonds is 5. The number of benzene rings is 1. The van der Waals surface area contributed by atoms with Crippen LogP contribution in [-0.4, -0.2) is 38.7 Å². The Morgan fingerprint density at radius 2 is 1.86 bits per heavy atom. The third kappa shape index (κ3) is 4.08. The van der Waals surface area contributed by atoms with E-state index in [-0.39, 0.29) is 11.6 Å². The lowest BCUT2D eigenvalue weighted by molar-refractivity contribution is -0.384. The molecule has 1 aromatic carbocycles. The van der Waals surface area contributed by atoms with E-state index in [1.807, 2.05) is 6.07 Å². The molecule has 9 heteroatoms. The number of piperidine rings is 1. The molecule has 0 atom stereocenters. The molecule has 1 aliphatic heterocycles. The molecule has 1 aliphatic rings. The summed E-state index contributed by atoms with van der Waals surface area (Å²) in [5, 5.41) is 17.9. The number of nitro benzene ring substituents is 1. The average molecular weight is 392 g/mol. The number of anilines is 2. The van der Waals surface area contributed by atoms with E-state index in [0.717, 1.165) is 31.7 Å². The van der Waals surface area contributed by atoms with Gasteiger partial charge in [-0.2, -0.15) is 5.10 Å². The molecular weight excluding hydrogens is 372 g/mol. The molecule has 148 valence electrons. The van der Waals surface area contributed by atoms with Crippen LogP contribution in [0.5, 0.6) is 0 Å². The highest BCUT2D eigenvalue weighted by atomic mass is 16.6. The van der Waals surface area contributed by atoms with Crippen molar-refractivity contribution in [2.45, 2.75) is 19.3 Å². The van der Waals surface area contributed by atoms with Gasteiger partial charge >= 0.3 is 0 Å². The number of aromatic nitrogens is 3. The molecule has 9 nitrogen and oxygen atoms in total. The lowest BCUT2D eigenvalue weighted by atomic mass is 10.1. The summed E-state index contributed by atoms with van der Waals surface area (Å²) in [6.07, 6.45) is 8.23. The highest BCUT2D eigenvalue weighted by Crippen LogP contribution is 2.26. The number of amides is 1. The summed E-state index contributed by atoms with van der Waals surface area (Å²) >= 11 is 0. The number of pyridine rings is 1. The van der Waals surface area contributed by atoms with E-state index in [1.54, 1.807) is 30.6 Å². The molecule has 0 radical (unpaired) electrons. The molecule has 4 rings (SSSR count). The first kappa shape index (κ1) is 18.6. The van der Waals surface area contributed by atoms with Crippen LogP contribution in [0.1, 0.15) is 29.6 Å². The van der Waals surface area contributed by atoms with Gasteiger partial charge in [-0.15, -0.1) is 0 Å². The molecular formula is C20H20N6O3. The predicted octanol–water partition coefficient (Wildman–Crippen LogP) is 3.42. The Hall–Kier alpha value is -3.75. The normalized spacial score (nSPS) is 13.9. The van der Waals surface area contributed by atoms with Crippen LogP contribution in [0.3, 0.4) is 0 Å². The maximum atomic E-state index is 12.7. The van der Waals surface area contributed by atoms with E-state index in [4.69, 9.17) is 0 Å². The zero-order valence-electron chi connectivity index (χ0n) is 15.7. The number of nitro groups is 1. The van der Waals surface area contributed by atoms with Crippen molar-refractivity contribution in [3.8, 4) is 5.69 Å². The predicted molar refractivity (Wildman–Crippen MR) is 108 cm³/mol. The van der Waals surface area contributed by atoms with Gasteiger partial charge in [0.25, 0.3) is 11.6 Å². The van der Waals surface area contributed by atoms with Gasteiger partial charge in [-0.3, -0.25) is 14.9 Å². The van der Waals surface area contributed by atoms with Gasteiger partial charge in [0.1, 0.15) is 0 Å². The number of carbonyl (C=O) groups excluding carboxylic acids is 1. The second-order valence-electron chi connectivity index (χ2n) is 6.82. The van der Waals surface area contributed by atoms with Crippen molar-refractivity contribution in [3.63, 3.8) is 0 Å². The van der Waals surface area contributed by atoms with E-state index >= 15 is 0 Å². The fraction of sp³-hybridized carbons (Fsp3) is 0.250. The van der Waals surface area contributed by atoms with E-state index in [2.05, 4.69) is 20.3 Å². The molecule has 1 fully saturated rings. The SMILES string of the molecule is O=C(Nc1cccnc1N1CCCCC1)c1cnn(-c2ccc([N+](=O)[O-])cc2)c1. The molecule has 3 aromatic rings. The third-order valence-corrected chi connectivity index (χ3v) is 4.86. The van der Waals surface area contributed by atoms with Crippen LogP contribution in [-0.2, 0) is 0 Å². The minimum Gasteiger partial charge on any atom is -0.355 e. The summed E-state index contributed by atoms with van der Waals surface area (Å²) in [4.78, 5) is 29.7. The molecule has 1 N–H and O–H groups in total. The van der Waals surface area contributed by atoms with Gasteiger partial charge < -0.3 is 10.2 Å². The van der Waals surface area contributed by atoms with Crippen LogP contribution in [0.25, 0.3) is 5.69 Å². The average Bonchev–Trinajstić information content (AvgIpc) is 3.25. The van der Waals surface area contributed by atoms with Gasteiger partial charge in [0.05, 0.1) is 28.1 Å². The Kier molecular flexibility index (Phi) is 5.19. The van der Waals surface area contributed by atoms with Crippen LogP contribution in [0.2, 0.25) is 0 Å². The van der Waals surface area contributed by atoms with Crippen molar-refractivity contribution >= 4 is 23.1 Å². The number of hydrogen-bond donors (Lipinski definition) is 1. The lowest BCUT2D eigenvalue weighted by Crippen LogP contribution is -2.31. The summed E-state index contributed by atoms with van der Waals surface area (Å²) in [5.74, 6) is 0.493. The Balaban J connectivity index is 1.51. The zero-order chi connectivity index (χ0) is 20.2. The van der Waals surface area contributed by atoms with E-state index < -0.39 is 4.92 Å². The standard InChI is InChI=1S/C20H20N6O3/c27-20(23-18-5-4-10-21-19(18)24-11-2-1-3-12-24)15-13-22-25(14-15)16-6-8-17(9-7-16)26(28)29/h4-10,13-14H,1-3,11-12H2,(H,23,27). The summed E-state index contributed by atoms with van der Waals surface area (Å²) in [5.41, 5.74) is 1.69. The van der Waals surface area contributed by atoms with Crippen molar-refractivity contribution in [1.82, 2.24) is 14.8 Å². The maximum absolute atomic E-state index is 12.7. The molecule has 0 aliphatic carbocycles. The molecule has 2 aromatic heterocycles. The van der Waals surface area contributed by atoms with Crippen LogP contribution in [0.15, 0.2) is 55.0 Å². The van der Waals surface area contributed by atoms with Crippen molar-refractivity contribution in [2.75, 3.05) is 23.3 Å². The molecule has 0 bridgehead atoms. The second-order valence-corrected chi connectivity index (χ2v) is 6.82. The van der Waals surface area contributed by atoms with Crippen molar-refractivity contribution in [1.29, 1.82) is 0 Å². The van der Waals surface area contributed by atoms with Gasteiger partial charge in [-0.25, -0.2) is 9.67 Å². The summed E-state index contributed by atoms with van der Waals surface area (Å²) in [6.45, 7) is 1.86. The fourth-order valence-electron chi connectivity index (χ4n) is 3.36. The van der Waals surface area contributed by atoms with Crippen LogP contribution in [0.4, 0.5) is 17.2 Å². The van der Waals surface area contributed by atoms with Crippen LogP contribution < -0.4 is 10.2 Å². The molecule has 0 unspecified atom stereocenters. The first-order valence-electron chi connectivity index (χ1n) is 9.42. The van der Waals surface area contributed by atoms with E-state index in [0.29, 0.717) is 16.9 Å². The minimum atomic E-state index is -0.459. The minimum absolute atomic E-state index is 0.000641. The maximum Gasteiger partial charge on any atom is 0.269 e. The van der Waals surface area contributed by atoms with E-state index in [1.165, 1.54) is 29.4 Å². The number of carbonyl (C=O) groups is 1. The smallest absolute Gasteiger partial charge is 0.269 e. The lowest BCUT2D eigenvalue weighted by Gasteiger charge is -2.29. The molecule has 1 amide bonds. The Labute approximate surface area is 167 Å². The summed E-state index contributed by atoms with van der Waals surface area (Å²) in [6, 6.07) is 9.61. The van der Waals surface area contributed by atoms with Crippen molar-refractivity contribution in [3.05, 3.63) is 70.7 Å². The van der Waals surface area contributed by atoms with E-state index in [9.17, 15) is 14.9 Å². The Bertz CT molecular complexity index is 1020. The van der Waals surface area contributed by atoms with Gasteiger partial charge in [0.2, 0.25) is 0 Å². The largest absolute Gasteiger partial charge is 0.355 e. The monoisotopic (exact) mass is 392 g/mol. The van der Waals surface area contributed by atoms with Crippen molar-refractivity contribution < 1.29 is 9.72 Å². The highest BCUT2D eigenvalue weighted by Gasteiger charge is 2.18. The first-order valence-corrected chi connectivity index (χ1v) is 9.42. The number of hydrogen-bond acceptors (Lipinski definition) is 6. The molecule has 0 spiro atoms.